The third-order valence-corrected chi connectivity index (χ3v) is 5.96. The Hall–Kier alpha value is -3.26. The predicted octanol–water partition coefficient (Wildman–Crippen LogP) is 2.81. The van der Waals surface area contributed by atoms with Gasteiger partial charge in [0.05, 0.1) is 6.04 Å². The Balaban J connectivity index is 1.55. The normalized spacial score (nSPS) is 14.5. The molecule has 0 spiro atoms. The fourth-order valence-electron chi connectivity index (χ4n) is 3.99. The number of pyridine rings is 1. The second-order valence-electron chi connectivity index (χ2n) is 8.50. The molecule has 1 fully saturated rings. The van der Waals surface area contributed by atoms with Gasteiger partial charge in [0.15, 0.2) is 0 Å². The SMILES string of the molecule is C=CC(=O)NCCCCC(NCc1ccc(F)cc1)C(=O)N1CCN(c2cccc(C)n2)CC1. The zero-order valence-corrected chi connectivity index (χ0v) is 19.8. The Labute approximate surface area is 201 Å². The highest BCUT2D eigenvalue weighted by molar-refractivity contribution is 5.86. The molecule has 1 unspecified atom stereocenters. The van der Waals surface area contributed by atoms with Crippen LogP contribution >= 0.6 is 0 Å². The summed E-state index contributed by atoms with van der Waals surface area (Å²) in [5.41, 5.74) is 1.90. The topological polar surface area (TPSA) is 77.6 Å². The Morgan fingerprint density at radius 1 is 1.12 bits per heavy atom. The second kappa shape index (κ2) is 12.8. The molecule has 0 radical (unpaired) electrons. The molecule has 1 aliphatic rings. The van der Waals surface area contributed by atoms with Crippen LogP contribution in [0.15, 0.2) is 55.1 Å². The van der Waals surface area contributed by atoms with E-state index in [9.17, 15) is 14.0 Å². The molecule has 3 rings (SSSR count). The number of carbonyl (C=O) groups excluding carboxylic acids is 2. The number of aryl methyl sites for hydroxylation is 1. The van der Waals surface area contributed by atoms with E-state index in [0.29, 0.717) is 32.6 Å². The Morgan fingerprint density at radius 2 is 1.85 bits per heavy atom. The predicted molar refractivity (Wildman–Crippen MR) is 132 cm³/mol. The molecule has 34 heavy (non-hydrogen) atoms. The standard InChI is InChI=1S/C26H34FN5O2/c1-3-25(33)28-14-5-4-8-23(29-19-21-10-12-22(27)13-11-21)26(34)32-17-15-31(16-18-32)24-9-6-7-20(2)30-24/h3,6-7,9-13,23,29H,1,4-5,8,14-19H2,2H3,(H,28,33). The number of unbranched alkanes of at least 4 members (excludes halogenated alkanes) is 1. The molecule has 2 aromatic rings. The minimum Gasteiger partial charge on any atom is -0.353 e. The summed E-state index contributed by atoms with van der Waals surface area (Å²) in [6.45, 7) is 9.20. The second-order valence-corrected chi connectivity index (χ2v) is 8.50. The number of halogens is 1. The summed E-state index contributed by atoms with van der Waals surface area (Å²) in [4.78, 5) is 33.4. The number of nitrogens with zero attached hydrogens (tertiary/aromatic N) is 3. The fourth-order valence-corrected chi connectivity index (χ4v) is 3.99. The smallest absolute Gasteiger partial charge is 0.243 e. The molecule has 1 aliphatic heterocycles. The lowest BCUT2D eigenvalue weighted by Crippen LogP contribution is -2.54. The summed E-state index contributed by atoms with van der Waals surface area (Å²) < 4.78 is 13.2. The number of aromatic nitrogens is 1. The minimum atomic E-state index is -0.344. The van der Waals surface area contributed by atoms with E-state index >= 15 is 0 Å². The largest absolute Gasteiger partial charge is 0.353 e. The Bertz CT molecular complexity index is 958. The first-order chi connectivity index (χ1) is 16.5. The van der Waals surface area contributed by atoms with E-state index in [0.717, 1.165) is 43.0 Å². The van der Waals surface area contributed by atoms with Crippen LogP contribution in [0.3, 0.4) is 0 Å². The Morgan fingerprint density at radius 3 is 2.53 bits per heavy atom. The highest BCUT2D eigenvalue weighted by Crippen LogP contribution is 2.16. The summed E-state index contributed by atoms with van der Waals surface area (Å²) in [7, 11) is 0. The van der Waals surface area contributed by atoms with Crippen LogP contribution in [0.5, 0.6) is 0 Å². The zero-order chi connectivity index (χ0) is 24.3. The van der Waals surface area contributed by atoms with Crippen molar-refractivity contribution in [3.8, 4) is 0 Å². The molecule has 0 aliphatic carbocycles. The minimum absolute atomic E-state index is 0.0779. The third kappa shape index (κ3) is 7.66. The van der Waals surface area contributed by atoms with Gasteiger partial charge in [0.2, 0.25) is 11.8 Å². The monoisotopic (exact) mass is 467 g/mol. The summed E-state index contributed by atoms with van der Waals surface area (Å²) in [5.74, 6) is 0.552. The lowest BCUT2D eigenvalue weighted by Gasteiger charge is -2.37. The number of nitrogens with one attached hydrogen (secondary N) is 2. The molecule has 2 N–H and O–H groups in total. The molecule has 0 bridgehead atoms. The summed E-state index contributed by atoms with van der Waals surface area (Å²) in [5, 5.41) is 6.14. The molecule has 182 valence electrons. The van der Waals surface area contributed by atoms with Crippen molar-refractivity contribution in [1.29, 1.82) is 0 Å². The number of hydrogen-bond acceptors (Lipinski definition) is 5. The van der Waals surface area contributed by atoms with Crippen molar-refractivity contribution in [2.24, 2.45) is 0 Å². The maximum Gasteiger partial charge on any atom is 0.243 e. The number of rotatable bonds is 11. The number of hydrogen-bond donors (Lipinski definition) is 2. The van der Waals surface area contributed by atoms with Gasteiger partial charge in [0.1, 0.15) is 11.6 Å². The van der Waals surface area contributed by atoms with Crippen LogP contribution in [0.2, 0.25) is 0 Å². The molecular formula is C26H34FN5O2. The molecular weight excluding hydrogens is 433 g/mol. The van der Waals surface area contributed by atoms with Crippen molar-refractivity contribution >= 4 is 17.6 Å². The molecule has 1 aromatic carbocycles. The van der Waals surface area contributed by atoms with E-state index in [-0.39, 0.29) is 23.7 Å². The fraction of sp³-hybridized carbons (Fsp3) is 0.423. The van der Waals surface area contributed by atoms with Crippen molar-refractivity contribution in [3.63, 3.8) is 0 Å². The zero-order valence-electron chi connectivity index (χ0n) is 19.8. The quantitative estimate of drug-likeness (QED) is 0.393. The molecule has 2 heterocycles. The van der Waals surface area contributed by atoms with E-state index in [1.165, 1.54) is 18.2 Å². The average molecular weight is 468 g/mol. The maximum absolute atomic E-state index is 13.4. The van der Waals surface area contributed by atoms with Crippen molar-refractivity contribution in [2.75, 3.05) is 37.6 Å². The molecule has 1 aromatic heterocycles. The van der Waals surface area contributed by atoms with Crippen LogP contribution in [0, 0.1) is 12.7 Å². The third-order valence-electron chi connectivity index (χ3n) is 5.96. The van der Waals surface area contributed by atoms with E-state index in [4.69, 9.17) is 0 Å². The van der Waals surface area contributed by atoms with Gasteiger partial charge in [-0.1, -0.05) is 24.8 Å². The van der Waals surface area contributed by atoms with Crippen LogP contribution < -0.4 is 15.5 Å². The van der Waals surface area contributed by atoms with Crippen LogP contribution in [0.25, 0.3) is 0 Å². The van der Waals surface area contributed by atoms with Gasteiger partial charge in [0, 0.05) is 45.0 Å². The number of amides is 2. The lowest BCUT2D eigenvalue weighted by atomic mass is 10.1. The maximum atomic E-state index is 13.4. The van der Waals surface area contributed by atoms with Gasteiger partial charge in [-0.25, -0.2) is 9.37 Å². The van der Waals surface area contributed by atoms with E-state index < -0.39 is 0 Å². The van der Waals surface area contributed by atoms with Crippen LogP contribution in [-0.4, -0.2) is 60.5 Å². The molecule has 2 amide bonds. The first-order valence-electron chi connectivity index (χ1n) is 11.8. The van der Waals surface area contributed by atoms with Gasteiger partial charge in [-0.05, 0) is 62.1 Å². The number of benzene rings is 1. The van der Waals surface area contributed by atoms with E-state index in [1.807, 2.05) is 30.0 Å². The van der Waals surface area contributed by atoms with Gasteiger partial charge in [-0.3, -0.25) is 9.59 Å². The van der Waals surface area contributed by atoms with Crippen LogP contribution in [0.4, 0.5) is 10.2 Å². The van der Waals surface area contributed by atoms with Gasteiger partial charge in [-0.15, -0.1) is 0 Å². The van der Waals surface area contributed by atoms with Crippen molar-refractivity contribution in [1.82, 2.24) is 20.5 Å². The Kier molecular flexibility index (Phi) is 9.58. The van der Waals surface area contributed by atoms with Crippen LogP contribution in [-0.2, 0) is 16.1 Å². The van der Waals surface area contributed by atoms with Crippen molar-refractivity contribution < 1.29 is 14.0 Å². The number of carbonyl (C=O) groups is 2. The molecule has 7 nitrogen and oxygen atoms in total. The van der Waals surface area contributed by atoms with Gasteiger partial charge in [-0.2, -0.15) is 0 Å². The van der Waals surface area contributed by atoms with Crippen LogP contribution in [0.1, 0.15) is 30.5 Å². The van der Waals surface area contributed by atoms with Gasteiger partial charge < -0.3 is 20.4 Å². The number of piperazine rings is 1. The molecule has 1 saturated heterocycles. The summed E-state index contributed by atoms with van der Waals surface area (Å²) >= 11 is 0. The molecule has 0 saturated carbocycles. The molecule has 1 atom stereocenters. The van der Waals surface area contributed by atoms with Gasteiger partial charge in [0.25, 0.3) is 0 Å². The van der Waals surface area contributed by atoms with E-state index in [1.54, 1.807) is 12.1 Å². The number of anilines is 1. The van der Waals surface area contributed by atoms with Gasteiger partial charge >= 0.3 is 0 Å². The first kappa shape index (κ1) is 25.4. The summed E-state index contributed by atoms with van der Waals surface area (Å²) in [6.07, 6.45) is 3.47. The first-order valence-corrected chi connectivity index (χ1v) is 11.8. The highest BCUT2D eigenvalue weighted by Gasteiger charge is 2.27. The van der Waals surface area contributed by atoms with Crippen molar-refractivity contribution in [3.05, 3.63) is 72.2 Å². The van der Waals surface area contributed by atoms with E-state index in [2.05, 4.69) is 27.1 Å². The lowest BCUT2D eigenvalue weighted by molar-refractivity contribution is -0.134. The summed E-state index contributed by atoms with van der Waals surface area (Å²) in [6, 6.07) is 11.9. The average Bonchev–Trinajstić information content (AvgIpc) is 2.86. The van der Waals surface area contributed by atoms with Crippen molar-refractivity contribution in [2.45, 2.75) is 38.8 Å². The highest BCUT2D eigenvalue weighted by atomic mass is 19.1. The molecule has 8 heteroatoms.